The fourth-order valence-electron chi connectivity index (χ4n) is 2.00. The summed E-state index contributed by atoms with van der Waals surface area (Å²) in [5.74, 6) is 0. The minimum absolute atomic E-state index is 0.602. The van der Waals surface area contributed by atoms with Gasteiger partial charge in [0, 0.05) is 52.0 Å². The predicted octanol–water partition coefficient (Wildman–Crippen LogP) is 0.722. The first-order valence-corrected chi connectivity index (χ1v) is 6.28. The summed E-state index contributed by atoms with van der Waals surface area (Å²) >= 11 is 0. The van der Waals surface area contributed by atoms with Crippen molar-refractivity contribution in [2.75, 3.05) is 46.6 Å². The van der Waals surface area contributed by atoms with Crippen LogP contribution in [-0.4, -0.2) is 63.5 Å². The lowest BCUT2D eigenvalue weighted by Gasteiger charge is -2.37. The summed E-state index contributed by atoms with van der Waals surface area (Å²) in [5.41, 5.74) is 0. The van der Waals surface area contributed by atoms with Gasteiger partial charge in [0.2, 0.25) is 0 Å². The standard InChI is InChI=1S/C12H26N2O2/c1-11-10-14(12(2)9-13-11)5-8-16-7-4-6-15-3/h11-13H,4-10H2,1-3H3. The quantitative estimate of drug-likeness (QED) is 0.654. The van der Waals surface area contributed by atoms with Crippen molar-refractivity contribution in [2.24, 2.45) is 0 Å². The molecule has 1 saturated heterocycles. The van der Waals surface area contributed by atoms with Crippen LogP contribution in [0.25, 0.3) is 0 Å². The van der Waals surface area contributed by atoms with Crippen molar-refractivity contribution in [3.8, 4) is 0 Å². The molecule has 0 radical (unpaired) electrons. The Kier molecular flexibility index (Phi) is 6.96. The normalized spacial score (nSPS) is 27.2. The second-order valence-corrected chi connectivity index (χ2v) is 4.61. The molecule has 0 aromatic heterocycles. The highest BCUT2D eigenvalue weighted by atomic mass is 16.5. The zero-order valence-electron chi connectivity index (χ0n) is 10.9. The second kappa shape index (κ2) is 8.01. The van der Waals surface area contributed by atoms with E-state index in [0.717, 1.165) is 45.9 Å². The Morgan fingerprint density at radius 3 is 2.81 bits per heavy atom. The molecule has 2 atom stereocenters. The Morgan fingerprint density at radius 2 is 2.06 bits per heavy atom. The molecular formula is C12H26N2O2. The maximum Gasteiger partial charge on any atom is 0.0593 e. The summed E-state index contributed by atoms with van der Waals surface area (Å²) in [4.78, 5) is 2.50. The average molecular weight is 230 g/mol. The molecule has 1 fully saturated rings. The summed E-state index contributed by atoms with van der Waals surface area (Å²) in [5, 5.41) is 3.48. The number of nitrogens with one attached hydrogen (secondary N) is 1. The number of methoxy groups -OCH3 is 1. The van der Waals surface area contributed by atoms with E-state index < -0.39 is 0 Å². The van der Waals surface area contributed by atoms with Gasteiger partial charge in [-0.25, -0.2) is 0 Å². The number of rotatable bonds is 7. The number of hydrogen-bond acceptors (Lipinski definition) is 4. The first-order valence-electron chi connectivity index (χ1n) is 6.28. The Hall–Kier alpha value is -0.160. The molecule has 0 amide bonds. The van der Waals surface area contributed by atoms with Crippen molar-refractivity contribution in [1.29, 1.82) is 0 Å². The maximum absolute atomic E-state index is 5.58. The van der Waals surface area contributed by atoms with E-state index in [1.54, 1.807) is 7.11 Å². The monoisotopic (exact) mass is 230 g/mol. The number of hydrogen-bond donors (Lipinski definition) is 1. The van der Waals surface area contributed by atoms with Gasteiger partial charge in [0.25, 0.3) is 0 Å². The molecule has 0 aromatic rings. The molecule has 96 valence electrons. The fraction of sp³-hybridized carbons (Fsp3) is 1.00. The van der Waals surface area contributed by atoms with E-state index in [0.29, 0.717) is 12.1 Å². The lowest BCUT2D eigenvalue weighted by Crippen LogP contribution is -2.54. The van der Waals surface area contributed by atoms with Gasteiger partial charge in [-0.2, -0.15) is 0 Å². The minimum Gasteiger partial charge on any atom is -0.385 e. The molecule has 1 aliphatic rings. The van der Waals surface area contributed by atoms with E-state index in [1.807, 2.05) is 0 Å². The molecule has 1 aliphatic heterocycles. The molecule has 2 unspecified atom stereocenters. The molecule has 16 heavy (non-hydrogen) atoms. The van der Waals surface area contributed by atoms with Crippen LogP contribution in [0.4, 0.5) is 0 Å². The lowest BCUT2D eigenvalue weighted by molar-refractivity contribution is 0.0618. The highest BCUT2D eigenvalue weighted by Gasteiger charge is 2.21. The predicted molar refractivity (Wildman–Crippen MR) is 65.8 cm³/mol. The molecule has 4 nitrogen and oxygen atoms in total. The molecule has 1 rings (SSSR count). The van der Waals surface area contributed by atoms with Crippen LogP contribution >= 0.6 is 0 Å². The van der Waals surface area contributed by atoms with E-state index in [2.05, 4.69) is 24.1 Å². The van der Waals surface area contributed by atoms with Crippen molar-refractivity contribution in [3.05, 3.63) is 0 Å². The molecule has 1 heterocycles. The number of nitrogens with zero attached hydrogens (tertiary/aromatic N) is 1. The van der Waals surface area contributed by atoms with Crippen LogP contribution in [0.15, 0.2) is 0 Å². The van der Waals surface area contributed by atoms with Crippen LogP contribution in [-0.2, 0) is 9.47 Å². The summed E-state index contributed by atoms with van der Waals surface area (Å²) in [6.07, 6.45) is 0.990. The average Bonchev–Trinajstić information content (AvgIpc) is 2.28. The highest BCUT2D eigenvalue weighted by molar-refractivity contribution is 4.80. The van der Waals surface area contributed by atoms with Gasteiger partial charge in [-0.15, -0.1) is 0 Å². The van der Waals surface area contributed by atoms with Crippen molar-refractivity contribution in [2.45, 2.75) is 32.4 Å². The first kappa shape index (κ1) is 13.9. The van der Waals surface area contributed by atoms with E-state index >= 15 is 0 Å². The summed E-state index contributed by atoms with van der Waals surface area (Å²) in [6, 6.07) is 1.23. The zero-order valence-corrected chi connectivity index (χ0v) is 10.9. The fourth-order valence-corrected chi connectivity index (χ4v) is 2.00. The van der Waals surface area contributed by atoms with Gasteiger partial charge in [0.15, 0.2) is 0 Å². The summed E-state index contributed by atoms with van der Waals surface area (Å²) in [6.45, 7) is 10.2. The lowest BCUT2D eigenvalue weighted by atomic mass is 10.1. The Morgan fingerprint density at radius 1 is 1.25 bits per heavy atom. The molecule has 0 spiro atoms. The van der Waals surface area contributed by atoms with Crippen LogP contribution < -0.4 is 5.32 Å². The third-order valence-electron chi connectivity index (χ3n) is 3.05. The topological polar surface area (TPSA) is 33.7 Å². The van der Waals surface area contributed by atoms with E-state index in [-0.39, 0.29) is 0 Å². The molecule has 1 N–H and O–H groups in total. The second-order valence-electron chi connectivity index (χ2n) is 4.61. The van der Waals surface area contributed by atoms with Gasteiger partial charge < -0.3 is 14.8 Å². The zero-order chi connectivity index (χ0) is 11.8. The Bertz CT molecular complexity index is 178. The van der Waals surface area contributed by atoms with Crippen molar-refractivity contribution in [3.63, 3.8) is 0 Å². The van der Waals surface area contributed by atoms with Crippen LogP contribution in [0, 0.1) is 0 Å². The van der Waals surface area contributed by atoms with Gasteiger partial charge >= 0.3 is 0 Å². The van der Waals surface area contributed by atoms with Crippen molar-refractivity contribution >= 4 is 0 Å². The third-order valence-corrected chi connectivity index (χ3v) is 3.05. The van der Waals surface area contributed by atoms with Crippen LogP contribution in [0.2, 0.25) is 0 Å². The number of piperazine rings is 1. The smallest absolute Gasteiger partial charge is 0.0593 e. The van der Waals surface area contributed by atoms with Gasteiger partial charge in [-0.3, -0.25) is 4.90 Å². The number of ether oxygens (including phenoxy) is 2. The summed E-state index contributed by atoms with van der Waals surface area (Å²) < 4.78 is 10.6. The van der Waals surface area contributed by atoms with Gasteiger partial charge in [-0.05, 0) is 20.3 Å². The highest BCUT2D eigenvalue weighted by Crippen LogP contribution is 2.05. The molecule has 0 aromatic carbocycles. The molecule has 4 heteroatoms. The van der Waals surface area contributed by atoms with Crippen molar-refractivity contribution < 1.29 is 9.47 Å². The van der Waals surface area contributed by atoms with Crippen LogP contribution in [0.5, 0.6) is 0 Å². The van der Waals surface area contributed by atoms with Gasteiger partial charge in [-0.1, -0.05) is 0 Å². The summed E-state index contributed by atoms with van der Waals surface area (Å²) in [7, 11) is 1.73. The minimum atomic E-state index is 0.602. The molecular weight excluding hydrogens is 204 g/mol. The van der Waals surface area contributed by atoms with Gasteiger partial charge in [0.1, 0.15) is 0 Å². The maximum atomic E-state index is 5.58. The largest absolute Gasteiger partial charge is 0.385 e. The Balaban J connectivity index is 2.02. The van der Waals surface area contributed by atoms with E-state index in [4.69, 9.17) is 9.47 Å². The van der Waals surface area contributed by atoms with Crippen molar-refractivity contribution in [1.82, 2.24) is 10.2 Å². The molecule has 0 bridgehead atoms. The first-order chi connectivity index (χ1) is 7.74. The Labute approximate surface area is 99.3 Å². The van der Waals surface area contributed by atoms with E-state index in [9.17, 15) is 0 Å². The SMILES string of the molecule is COCCCOCCN1CC(C)NCC1C. The van der Waals surface area contributed by atoms with Gasteiger partial charge in [0.05, 0.1) is 6.61 Å². The molecule has 0 saturated carbocycles. The van der Waals surface area contributed by atoms with Crippen LogP contribution in [0.3, 0.4) is 0 Å². The van der Waals surface area contributed by atoms with Crippen LogP contribution in [0.1, 0.15) is 20.3 Å². The molecule has 0 aliphatic carbocycles. The van der Waals surface area contributed by atoms with E-state index in [1.165, 1.54) is 0 Å². The third kappa shape index (κ3) is 5.25.